The number of piperidine rings is 1. The van der Waals surface area contributed by atoms with Crippen LogP contribution in [0, 0.1) is 33.6 Å². The van der Waals surface area contributed by atoms with Gasteiger partial charge in [0.05, 0.1) is 18.3 Å². The number of Topliss-reactive ketones (excluding diaryl/α,β-unsaturated/α-hetero) is 1. The second kappa shape index (κ2) is 24.9. The van der Waals surface area contributed by atoms with Crippen LogP contribution in [0.15, 0.2) is 89.5 Å². The van der Waals surface area contributed by atoms with E-state index in [1.807, 2.05) is 49.3 Å². The van der Waals surface area contributed by atoms with Gasteiger partial charge in [-0.05, 0) is 111 Å². The quantitative estimate of drug-likeness (QED) is 0.141. The minimum absolute atomic E-state index is 0. The Balaban J connectivity index is 0.000000272. The third-order valence-electron chi connectivity index (χ3n) is 13.6. The van der Waals surface area contributed by atoms with Gasteiger partial charge >= 0.3 is 57.1 Å². The molecule has 3 aromatic carbocycles. The number of ketones is 1. The van der Waals surface area contributed by atoms with Gasteiger partial charge in [0.2, 0.25) is 5.91 Å². The Morgan fingerprint density at radius 1 is 0.928 bits per heavy atom. The minimum atomic E-state index is -0.658. The number of rotatable bonds is 10. The van der Waals surface area contributed by atoms with Crippen LogP contribution in [-0.2, 0) is 16.6 Å². The number of hydrogen-bond acceptors (Lipinski definition) is 8. The van der Waals surface area contributed by atoms with E-state index in [1.54, 1.807) is 19.2 Å². The molecule has 3 aromatic heterocycles. The number of H-pyrrole nitrogens is 1. The number of carbonyl (C=O) groups is 3. The van der Waals surface area contributed by atoms with Crippen LogP contribution in [0.4, 0.5) is 0 Å². The second-order valence-electron chi connectivity index (χ2n) is 18.2. The summed E-state index contributed by atoms with van der Waals surface area (Å²) in [6.07, 6.45) is 9.83. The number of aryl methyl sites for hydroxylation is 2. The number of fused-ring (bicyclic) bond motifs is 2. The van der Waals surface area contributed by atoms with Gasteiger partial charge in [-0.3, -0.25) is 33.9 Å². The van der Waals surface area contributed by atoms with Crippen LogP contribution >= 0.6 is 0 Å². The molecule has 2 amide bonds. The summed E-state index contributed by atoms with van der Waals surface area (Å²) >= 11 is 0. The number of nitrogens with zero attached hydrogens (tertiary/aromatic N) is 7. The average molecular weight is 958 g/mol. The number of aromatic nitrogens is 5. The van der Waals surface area contributed by atoms with Gasteiger partial charge in [-0.2, -0.15) is 29.6 Å². The normalized spacial score (nSPS) is 17.8. The summed E-state index contributed by atoms with van der Waals surface area (Å²) < 4.78 is 2.97. The van der Waals surface area contributed by atoms with Gasteiger partial charge < -0.3 is 33.5 Å². The zero-order valence-electron chi connectivity index (χ0n) is 41.6. The Kier molecular flexibility index (Phi) is 19.4. The molecule has 0 bridgehead atoms. The largest absolute Gasteiger partial charge is 1.00 e. The van der Waals surface area contributed by atoms with Crippen LogP contribution in [0.5, 0.6) is 0 Å². The van der Waals surface area contributed by atoms with E-state index in [0.29, 0.717) is 29.3 Å². The molecule has 3 saturated heterocycles. The Bertz CT molecular complexity index is 2790. The first-order valence-electron chi connectivity index (χ1n) is 24.2. The van der Waals surface area contributed by atoms with Gasteiger partial charge in [0.25, 0.3) is 5.91 Å². The van der Waals surface area contributed by atoms with E-state index >= 15 is 0 Å². The number of amides is 2. The maximum Gasteiger partial charge on any atom is 1.00 e. The Morgan fingerprint density at radius 2 is 1.65 bits per heavy atom. The van der Waals surface area contributed by atoms with Gasteiger partial charge in [-0.25, -0.2) is 11.2 Å². The summed E-state index contributed by atoms with van der Waals surface area (Å²) in [6, 6.07) is 21.8. The van der Waals surface area contributed by atoms with Crippen molar-refractivity contribution in [2.24, 2.45) is 13.0 Å². The smallest absolute Gasteiger partial charge is 0.348 e. The summed E-state index contributed by atoms with van der Waals surface area (Å²) in [5, 5.41) is 10.9. The molecule has 0 aliphatic carbocycles. The van der Waals surface area contributed by atoms with Crippen LogP contribution < -0.4 is 62.4 Å². The first-order valence-corrected chi connectivity index (χ1v) is 24.2. The zero-order chi connectivity index (χ0) is 48.5. The Hall–Kier alpha value is -4.67. The molecular formula is C55H68KN9O4-2. The molecule has 3 fully saturated rings. The fourth-order valence-electron chi connectivity index (χ4n) is 9.75. The van der Waals surface area contributed by atoms with Crippen molar-refractivity contribution in [3.8, 4) is 11.1 Å². The monoisotopic (exact) mass is 958 g/mol. The van der Waals surface area contributed by atoms with Gasteiger partial charge in [0.15, 0.2) is 5.78 Å². The minimum Gasteiger partial charge on any atom is -0.348 e. The molecule has 6 aromatic rings. The average Bonchev–Trinajstić information content (AvgIpc) is 3.88. The van der Waals surface area contributed by atoms with Crippen molar-refractivity contribution in [1.82, 2.24) is 44.3 Å². The number of piperazine rings is 1. The first kappa shape index (κ1) is 53.7. The summed E-state index contributed by atoms with van der Waals surface area (Å²) in [7, 11) is 1.66. The molecule has 0 spiro atoms. The number of hydrogen-bond donors (Lipinski definition) is 2. The van der Waals surface area contributed by atoms with E-state index in [1.165, 1.54) is 37.0 Å². The Morgan fingerprint density at radius 3 is 2.36 bits per heavy atom. The van der Waals surface area contributed by atoms with E-state index in [-0.39, 0.29) is 87.6 Å². The summed E-state index contributed by atoms with van der Waals surface area (Å²) in [5.41, 5.74) is 11.0. The first-order chi connectivity index (χ1) is 32.9. The van der Waals surface area contributed by atoms with E-state index in [0.717, 1.165) is 99.3 Å². The van der Waals surface area contributed by atoms with Crippen molar-refractivity contribution in [2.45, 2.75) is 71.8 Å². The predicted octanol–water partition coefficient (Wildman–Crippen LogP) is 5.22. The number of benzene rings is 3. The molecule has 14 heteroatoms. The molecule has 3 aliphatic rings. The standard InChI is InChI=1S/C38H46N6O.C15H16N3O3.C2H6.K/c1-5-27(2)25-43-18-20-44(21-19-43)38(45)32-8-6-30(7-9-32)31-13-16-42(17-14-31)26-28(3)22-36-29(4)39-15-12-35(36)33-10-11-37-34(23-33)24-40-41-37;1-9-4-3-5-11-13(9)17(2)15(21)18(11)12-7-6-10(19)8-16-14(12)20;1-2;/h6-12,15,22-24,27,31H,1-2,5,13-14,16-21,25-26H2,3-4H3,(H,40,41);3-5,12H,1,6-8H2,2H3,(H,16,20);1-2H3;/q-2;-1;;+1/b28-22+;;;. The molecule has 2 unspecified atom stereocenters. The van der Waals surface area contributed by atoms with Crippen molar-refractivity contribution in [2.75, 3.05) is 58.9 Å². The molecule has 3 aliphatic heterocycles. The number of pyridine rings is 1. The fourth-order valence-corrected chi connectivity index (χ4v) is 9.75. The van der Waals surface area contributed by atoms with E-state index in [9.17, 15) is 19.2 Å². The molecule has 9 rings (SSSR count). The van der Waals surface area contributed by atoms with Gasteiger partial charge in [0.1, 0.15) is 6.04 Å². The second-order valence-corrected chi connectivity index (χ2v) is 18.2. The summed E-state index contributed by atoms with van der Waals surface area (Å²) in [5.74, 6) is 0.732. The number of imidazole rings is 1. The van der Waals surface area contributed by atoms with E-state index < -0.39 is 6.04 Å². The SMILES string of the molecule is CC.[CH2-]CC([CH2-])CN1CCN(C(=O)c2ccc(C3CCN(C/C(C)=C/c4c(-c5ccc6[nH]ncc6c5)ccnc4C)CC3)cc2)CC1.[CH2-]c1cccc2c1n(C)c(=O)n2C1CCC(=O)CNC1=O.[K+]. The van der Waals surface area contributed by atoms with Crippen LogP contribution in [0.3, 0.4) is 0 Å². The molecule has 13 nitrogen and oxygen atoms in total. The van der Waals surface area contributed by atoms with Crippen LogP contribution in [0.25, 0.3) is 39.1 Å². The number of carbonyl (C=O) groups excluding carboxylic acids is 3. The van der Waals surface area contributed by atoms with Crippen LogP contribution in [0.1, 0.15) is 97.6 Å². The van der Waals surface area contributed by atoms with Gasteiger partial charge in [-0.15, -0.1) is 6.07 Å². The Labute approximate surface area is 450 Å². The summed E-state index contributed by atoms with van der Waals surface area (Å²) in [4.78, 5) is 61.0. The molecule has 360 valence electrons. The van der Waals surface area contributed by atoms with Crippen molar-refractivity contribution < 1.29 is 65.8 Å². The van der Waals surface area contributed by atoms with E-state index in [2.05, 4.69) is 107 Å². The van der Waals surface area contributed by atoms with Crippen molar-refractivity contribution in [3.63, 3.8) is 0 Å². The molecule has 2 atom stereocenters. The van der Waals surface area contributed by atoms with Crippen molar-refractivity contribution >= 4 is 45.6 Å². The third kappa shape index (κ3) is 12.8. The number of likely N-dealkylation sites (tertiary alicyclic amines) is 1. The molecule has 0 radical (unpaired) electrons. The molecule has 6 heterocycles. The fraction of sp³-hybridized carbons (Fsp3) is 0.400. The maximum atomic E-state index is 13.2. The van der Waals surface area contributed by atoms with E-state index in [4.69, 9.17) is 0 Å². The van der Waals surface area contributed by atoms with Crippen LogP contribution in [-0.4, -0.2) is 116 Å². The number of para-hydroxylation sites is 1. The topological polar surface area (TPSA) is 141 Å². The maximum absolute atomic E-state index is 13.2. The number of nitrogens with one attached hydrogen (secondary N) is 2. The van der Waals surface area contributed by atoms with Crippen molar-refractivity contribution in [1.29, 1.82) is 0 Å². The number of aromatic amines is 1. The predicted molar refractivity (Wildman–Crippen MR) is 273 cm³/mol. The zero-order valence-corrected chi connectivity index (χ0v) is 44.7. The van der Waals surface area contributed by atoms with Crippen LogP contribution in [0.2, 0.25) is 0 Å². The molecular weight excluding hydrogens is 890 g/mol. The molecule has 69 heavy (non-hydrogen) atoms. The van der Waals surface area contributed by atoms with Gasteiger partial charge in [0, 0.05) is 80.1 Å². The van der Waals surface area contributed by atoms with Gasteiger partial charge in [-0.1, -0.05) is 49.8 Å². The molecule has 2 N–H and O–H groups in total. The van der Waals surface area contributed by atoms with Crippen molar-refractivity contribution in [3.05, 3.63) is 144 Å². The molecule has 0 saturated carbocycles. The summed E-state index contributed by atoms with van der Waals surface area (Å²) in [6.45, 7) is 27.8. The third-order valence-corrected chi connectivity index (χ3v) is 13.6.